The molecule has 1 aliphatic carbocycles. The summed E-state index contributed by atoms with van der Waals surface area (Å²) in [5.41, 5.74) is 9.12. The van der Waals surface area contributed by atoms with Crippen molar-refractivity contribution in [2.75, 3.05) is 0 Å². The number of fused-ring (bicyclic) bond motifs is 1. The zero-order valence-corrected chi connectivity index (χ0v) is 13.7. The number of aromatic nitrogens is 2. The van der Waals surface area contributed by atoms with Crippen molar-refractivity contribution in [3.8, 4) is 5.69 Å². The Morgan fingerprint density at radius 3 is 2.48 bits per heavy atom. The monoisotopic (exact) mass is 311 g/mol. The van der Waals surface area contributed by atoms with E-state index in [1.54, 1.807) is 12.1 Å². The third kappa shape index (κ3) is 2.67. The van der Waals surface area contributed by atoms with Gasteiger partial charge in [0.05, 0.1) is 22.6 Å². The number of carbonyl (C=O) groups excluding carboxylic acids is 2. The molecule has 23 heavy (non-hydrogen) atoms. The molecule has 0 fully saturated rings. The molecular weight excluding hydrogens is 290 g/mol. The second kappa shape index (κ2) is 5.33. The molecule has 0 unspecified atom stereocenters. The Balaban J connectivity index is 2.14. The van der Waals surface area contributed by atoms with Gasteiger partial charge in [0.25, 0.3) is 0 Å². The van der Waals surface area contributed by atoms with Crippen molar-refractivity contribution in [3.63, 3.8) is 0 Å². The Kier molecular flexibility index (Phi) is 3.59. The number of benzene rings is 1. The highest BCUT2D eigenvalue weighted by atomic mass is 16.1. The molecule has 2 N–H and O–H groups in total. The number of Topliss-reactive ketones (excluding diaryl/α,β-unsaturated/α-hetero) is 1. The topological polar surface area (TPSA) is 78.0 Å². The molecule has 0 saturated carbocycles. The van der Waals surface area contributed by atoms with Crippen molar-refractivity contribution in [2.45, 2.75) is 40.0 Å². The predicted octanol–water partition coefficient (Wildman–Crippen LogP) is 2.69. The molecule has 3 rings (SSSR count). The fourth-order valence-electron chi connectivity index (χ4n) is 3.26. The molecule has 1 aromatic carbocycles. The Labute approximate surface area is 135 Å². The van der Waals surface area contributed by atoms with Crippen molar-refractivity contribution >= 4 is 11.7 Å². The molecule has 1 heterocycles. The standard InChI is InChI=1S/C18H21N3O2/c1-4-13-16-14(9-18(2,3)10-15(16)22)21(20-13)12-7-5-11(6-8-12)17(19)23/h5-8H,4,9-10H2,1-3H3,(H2,19,23). The average molecular weight is 311 g/mol. The maximum atomic E-state index is 12.6. The van der Waals surface area contributed by atoms with Gasteiger partial charge in [0.2, 0.25) is 5.91 Å². The number of carbonyl (C=O) groups is 2. The molecule has 2 aromatic rings. The molecule has 1 amide bonds. The van der Waals surface area contributed by atoms with Crippen LogP contribution in [0, 0.1) is 5.41 Å². The van der Waals surface area contributed by atoms with Crippen LogP contribution in [0.3, 0.4) is 0 Å². The van der Waals surface area contributed by atoms with Gasteiger partial charge in [-0.15, -0.1) is 0 Å². The summed E-state index contributed by atoms with van der Waals surface area (Å²) in [6, 6.07) is 7.01. The van der Waals surface area contributed by atoms with Gasteiger partial charge in [-0.05, 0) is 42.5 Å². The number of nitrogens with two attached hydrogens (primary N) is 1. The van der Waals surface area contributed by atoms with E-state index in [0.29, 0.717) is 12.0 Å². The van der Waals surface area contributed by atoms with Crippen molar-refractivity contribution < 1.29 is 9.59 Å². The van der Waals surface area contributed by atoms with Crippen LogP contribution in [-0.4, -0.2) is 21.5 Å². The SMILES string of the molecule is CCc1nn(-c2ccc(C(N)=O)cc2)c2c1C(=O)CC(C)(C)C2. The number of nitrogens with zero attached hydrogens (tertiary/aromatic N) is 2. The normalized spacial score (nSPS) is 16.2. The van der Waals surface area contributed by atoms with Gasteiger partial charge in [-0.3, -0.25) is 9.59 Å². The van der Waals surface area contributed by atoms with Crippen molar-refractivity contribution in [1.82, 2.24) is 9.78 Å². The number of hydrogen-bond acceptors (Lipinski definition) is 3. The average Bonchev–Trinajstić information content (AvgIpc) is 2.84. The minimum atomic E-state index is -0.454. The lowest BCUT2D eigenvalue weighted by Gasteiger charge is -2.29. The van der Waals surface area contributed by atoms with Crippen LogP contribution >= 0.6 is 0 Å². The molecular formula is C18H21N3O2. The van der Waals surface area contributed by atoms with Crippen LogP contribution in [0.5, 0.6) is 0 Å². The predicted molar refractivity (Wildman–Crippen MR) is 87.9 cm³/mol. The van der Waals surface area contributed by atoms with Crippen molar-refractivity contribution in [1.29, 1.82) is 0 Å². The zero-order chi connectivity index (χ0) is 16.8. The summed E-state index contributed by atoms with van der Waals surface area (Å²) >= 11 is 0. The zero-order valence-electron chi connectivity index (χ0n) is 13.7. The first-order valence-corrected chi connectivity index (χ1v) is 7.86. The Hall–Kier alpha value is -2.43. The van der Waals surface area contributed by atoms with E-state index >= 15 is 0 Å². The maximum Gasteiger partial charge on any atom is 0.248 e. The minimum Gasteiger partial charge on any atom is -0.366 e. The summed E-state index contributed by atoms with van der Waals surface area (Å²) in [7, 11) is 0. The van der Waals surface area contributed by atoms with Crippen molar-refractivity contribution in [3.05, 3.63) is 46.8 Å². The molecule has 0 radical (unpaired) electrons. The number of ketones is 1. The minimum absolute atomic E-state index is 0.0694. The number of rotatable bonds is 3. The highest BCUT2D eigenvalue weighted by Crippen LogP contribution is 2.37. The third-order valence-electron chi connectivity index (χ3n) is 4.35. The van der Waals surface area contributed by atoms with E-state index < -0.39 is 5.91 Å². The third-order valence-corrected chi connectivity index (χ3v) is 4.35. The lowest BCUT2D eigenvalue weighted by Crippen LogP contribution is -2.28. The Morgan fingerprint density at radius 1 is 1.26 bits per heavy atom. The second-order valence-electron chi connectivity index (χ2n) is 6.89. The van der Waals surface area contributed by atoms with E-state index in [1.165, 1.54) is 0 Å². The summed E-state index contributed by atoms with van der Waals surface area (Å²) in [6.45, 7) is 6.22. The molecule has 1 aliphatic rings. The number of hydrogen-bond donors (Lipinski definition) is 1. The first-order valence-electron chi connectivity index (χ1n) is 7.86. The maximum absolute atomic E-state index is 12.6. The van der Waals surface area contributed by atoms with Crippen LogP contribution in [-0.2, 0) is 12.8 Å². The molecule has 0 saturated heterocycles. The van der Waals surface area contributed by atoms with E-state index in [0.717, 1.165) is 35.5 Å². The van der Waals surface area contributed by atoms with Crippen LogP contribution in [0.2, 0.25) is 0 Å². The largest absolute Gasteiger partial charge is 0.366 e. The van der Waals surface area contributed by atoms with Crippen LogP contribution in [0.25, 0.3) is 5.69 Å². The second-order valence-corrected chi connectivity index (χ2v) is 6.89. The van der Waals surface area contributed by atoms with Crippen LogP contribution in [0.4, 0.5) is 0 Å². The van der Waals surface area contributed by atoms with Crippen LogP contribution < -0.4 is 5.73 Å². The summed E-state index contributed by atoms with van der Waals surface area (Å²) in [5.74, 6) is -0.280. The quantitative estimate of drug-likeness (QED) is 0.946. The fraction of sp³-hybridized carbons (Fsp3) is 0.389. The number of primary amides is 1. The van der Waals surface area contributed by atoms with Crippen LogP contribution in [0.15, 0.2) is 24.3 Å². The molecule has 1 aromatic heterocycles. The molecule has 5 nitrogen and oxygen atoms in total. The molecule has 0 aliphatic heterocycles. The summed E-state index contributed by atoms with van der Waals surface area (Å²) in [6.07, 6.45) is 2.08. The molecule has 0 spiro atoms. The van der Waals surface area contributed by atoms with E-state index in [1.807, 2.05) is 23.7 Å². The molecule has 120 valence electrons. The smallest absolute Gasteiger partial charge is 0.248 e. The summed E-state index contributed by atoms with van der Waals surface area (Å²) < 4.78 is 1.84. The molecule has 0 bridgehead atoms. The van der Waals surface area contributed by atoms with Gasteiger partial charge in [-0.25, -0.2) is 4.68 Å². The Morgan fingerprint density at radius 2 is 1.91 bits per heavy atom. The number of amides is 1. The van der Waals surface area contributed by atoms with Gasteiger partial charge in [0, 0.05) is 12.0 Å². The van der Waals surface area contributed by atoms with Crippen molar-refractivity contribution in [2.24, 2.45) is 11.1 Å². The van der Waals surface area contributed by atoms with Gasteiger partial charge >= 0.3 is 0 Å². The molecule has 0 atom stereocenters. The van der Waals surface area contributed by atoms with Gasteiger partial charge in [0.1, 0.15) is 0 Å². The highest BCUT2D eigenvalue weighted by molar-refractivity contribution is 6.00. The summed E-state index contributed by atoms with van der Waals surface area (Å²) in [4.78, 5) is 23.8. The summed E-state index contributed by atoms with van der Waals surface area (Å²) in [5, 5.41) is 4.65. The van der Waals surface area contributed by atoms with Gasteiger partial charge in [-0.2, -0.15) is 5.10 Å². The Bertz CT molecular complexity index is 785. The van der Waals surface area contributed by atoms with Gasteiger partial charge in [0.15, 0.2) is 5.78 Å². The first kappa shape index (κ1) is 15.5. The van der Waals surface area contributed by atoms with E-state index in [-0.39, 0.29) is 11.2 Å². The highest BCUT2D eigenvalue weighted by Gasteiger charge is 2.36. The first-order chi connectivity index (χ1) is 10.8. The van der Waals surface area contributed by atoms with Crippen LogP contribution in [0.1, 0.15) is 59.3 Å². The number of aryl methyl sites for hydroxylation is 1. The lowest BCUT2D eigenvalue weighted by atomic mass is 9.75. The van der Waals surface area contributed by atoms with E-state index in [9.17, 15) is 9.59 Å². The van der Waals surface area contributed by atoms with Gasteiger partial charge < -0.3 is 5.73 Å². The van der Waals surface area contributed by atoms with E-state index in [2.05, 4.69) is 18.9 Å². The molecule has 5 heteroatoms. The fourth-order valence-corrected chi connectivity index (χ4v) is 3.26. The van der Waals surface area contributed by atoms with Gasteiger partial charge in [-0.1, -0.05) is 20.8 Å². The van der Waals surface area contributed by atoms with E-state index in [4.69, 9.17) is 5.73 Å². The lowest BCUT2D eigenvalue weighted by molar-refractivity contribution is 0.0909.